The van der Waals surface area contributed by atoms with Gasteiger partial charge in [-0.1, -0.05) is 32.0 Å². The number of aromatic nitrogens is 2. The average molecular weight is 352 g/mol. The Balaban J connectivity index is 1.95. The standard InChI is InChI=1S/C20H20N2O2S/c1-12(2)10-13-5-6-14-7-8-22-18(15(14)11-13)17(16-4-3-9-25-16)21-19(22)20(23)24/h3-6,9,11-12H,7-8,10H2,1-2H3,(H,23,24). The number of fused-ring (bicyclic) bond motifs is 3. The summed E-state index contributed by atoms with van der Waals surface area (Å²) in [6, 6.07) is 10.6. The lowest BCUT2D eigenvalue weighted by atomic mass is 9.92. The van der Waals surface area contributed by atoms with Crippen molar-refractivity contribution in [3.05, 3.63) is 52.7 Å². The minimum Gasteiger partial charge on any atom is -0.475 e. The highest BCUT2D eigenvalue weighted by Gasteiger charge is 2.28. The fourth-order valence-corrected chi connectivity index (χ4v) is 4.30. The zero-order valence-corrected chi connectivity index (χ0v) is 15.1. The Kier molecular flexibility index (Phi) is 3.96. The Labute approximate surface area is 150 Å². The first-order valence-electron chi connectivity index (χ1n) is 8.54. The molecule has 0 saturated heterocycles. The van der Waals surface area contributed by atoms with Crippen molar-refractivity contribution in [2.75, 3.05) is 0 Å². The molecule has 3 aromatic rings. The maximum Gasteiger partial charge on any atom is 0.372 e. The van der Waals surface area contributed by atoms with Crippen molar-refractivity contribution in [3.8, 4) is 21.8 Å². The average Bonchev–Trinajstić information content (AvgIpc) is 3.21. The molecule has 1 aromatic carbocycles. The molecule has 0 radical (unpaired) electrons. The van der Waals surface area contributed by atoms with Crippen LogP contribution < -0.4 is 0 Å². The van der Waals surface area contributed by atoms with Crippen LogP contribution in [-0.4, -0.2) is 20.6 Å². The van der Waals surface area contributed by atoms with E-state index in [4.69, 9.17) is 0 Å². The zero-order chi connectivity index (χ0) is 17.6. The van der Waals surface area contributed by atoms with Gasteiger partial charge in [0.05, 0.1) is 10.6 Å². The molecule has 1 aliphatic rings. The second-order valence-electron chi connectivity index (χ2n) is 6.91. The molecule has 0 bridgehead atoms. The van der Waals surface area contributed by atoms with Crippen LogP contribution in [0.3, 0.4) is 0 Å². The molecule has 0 spiro atoms. The summed E-state index contributed by atoms with van der Waals surface area (Å²) in [4.78, 5) is 17.2. The number of nitrogens with zero attached hydrogens (tertiary/aromatic N) is 2. The third kappa shape index (κ3) is 2.78. The van der Waals surface area contributed by atoms with Crippen LogP contribution in [0.1, 0.15) is 35.6 Å². The number of hydrogen-bond donors (Lipinski definition) is 1. The van der Waals surface area contributed by atoms with Crippen molar-refractivity contribution < 1.29 is 9.90 Å². The number of thiophene rings is 1. The Bertz CT molecular complexity index is 939. The SMILES string of the molecule is CC(C)Cc1ccc2c(c1)-c1c(-c3cccs3)nc(C(=O)O)n1CC2. The number of aryl methyl sites for hydroxylation is 1. The van der Waals surface area contributed by atoms with E-state index in [-0.39, 0.29) is 5.82 Å². The molecule has 5 heteroatoms. The Morgan fingerprint density at radius 2 is 2.20 bits per heavy atom. The first-order valence-corrected chi connectivity index (χ1v) is 9.42. The summed E-state index contributed by atoms with van der Waals surface area (Å²) in [5, 5.41) is 11.6. The van der Waals surface area contributed by atoms with Crippen molar-refractivity contribution in [1.82, 2.24) is 9.55 Å². The second kappa shape index (κ2) is 6.15. The quantitative estimate of drug-likeness (QED) is 0.738. The molecule has 0 aliphatic carbocycles. The zero-order valence-electron chi connectivity index (χ0n) is 14.3. The van der Waals surface area contributed by atoms with E-state index < -0.39 is 5.97 Å². The summed E-state index contributed by atoms with van der Waals surface area (Å²) < 4.78 is 1.87. The largest absolute Gasteiger partial charge is 0.475 e. The number of carbonyl (C=O) groups is 1. The smallest absolute Gasteiger partial charge is 0.372 e. The van der Waals surface area contributed by atoms with E-state index in [1.54, 1.807) is 11.3 Å². The monoisotopic (exact) mass is 352 g/mol. The summed E-state index contributed by atoms with van der Waals surface area (Å²) in [5.74, 6) is -0.248. The van der Waals surface area contributed by atoms with Crippen molar-refractivity contribution in [2.45, 2.75) is 33.2 Å². The topological polar surface area (TPSA) is 55.1 Å². The molecule has 1 aliphatic heterocycles. The highest BCUT2D eigenvalue weighted by molar-refractivity contribution is 7.13. The van der Waals surface area contributed by atoms with Crippen LogP contribution in [0.5, 0.6) is 0 Å². The van der Waals surface area contributed by atoms with Gasteiger partial charge >= 0.3 is 5.97 Å². The van der Waals surface area contributed by atoms with Crippen LogP contribution in [0.2, 0.25) is 0 Å². The van der Waals surface area contributed by atoms with E-state index in [1.165, 1.54) is 11.1 Å². The Morgan fingerprint density at radius 3 is 2.88 bits per heavy atom. The number of carboxylic acid groups (broad SMARTS) is 1. The van der Waals surface area contributed by atoms with E-state index in [1.807, 2.05) is 22.1 Å². The predicted octanol–water partition coefficient (Wildman–Crippen LogP) is 4.73. The van der Waals surface area contributed by atoms with Gasteiger partial charge in [0.1, 0.15) is 5.69 Å². The van der Waals surface area contributed by atoms with E-state index in [2.05, 4.69) is 37.0 Å². The van der Waals surface area contributed by atoms with E-state index in [0.717, 1.165) is 34.7 Å². The number of imidazole rings is 1. The summed E-state index contributed by atoms with van der Waals surface area (Å²) in [5.41, 5.74) is 5.43. The first-order chi connectivity index (χ1) is 12.0. The third-order valence-electron chi connectivity index (χ3n) is 4.59. The van der Waals surface area contributed by atoms with E-state index in [9.17, 15) is 9.90 Å². The molecular formula is C20H20N2O2S. The summed E-state index contributed by atoms with van der Waals surface area (Å²) in [6.45, 7) is 5.08. The predicted molar refractivity (Wildman–Crippen MR) is 100 cm³/mol. The van der Waals surface area contributed by atoms with Crippen LogP contribution in [-0.2, 0) is 19.4 Å². The van der Waals surface area contributed by atoms with Gasteiger partial charge in [-0.15, -0.1) is 11.3 Å². The van der Waals surface area contributed by atoms with Gasteiger partial charge in [0, 0.05) is 12.1 Å². The summed E-state index contributed by atoms with van der Waals surface area (Å²) >= 11 is 1.59. The van der Waals surface area contributed by atoms with Gasteiger partial charge in [-0.2, -0.15) is 0 Å². The number of hydrogen-bond acceptors (Lipinski definition) is 3. The fourth-order valence-electron chi connectivity index (χ4n) is 3.58. The van der Waals surface area contributed by atoms with Gasteiger partial charge in [-0.3, -0.25) is 0 Å². The molecule has 0 fully saturated rings. The number of aromatic carboxylic acids is 1. The maximum atomic E-state index is 11.7. The lowest BCUT2D eigenvalue weighted by molar-refractivity contribution is 0.0678. The van der Waals surface area contributed by atoms with Crippen molar-refractivity contribution in [2.24, 2.45) is 5.92 Å². The van der Waals surface area contributed by atoms with Crippen molar-refractivity contribution in [1.29, 1.82) is 0 Å². The lowest BCUT2D eigenvalue weighted by Crippen LogP contribution is -2.16. The Morgan fingerprint density at radius 1 is 1.36 bits per heavy atom. The molecule has 128 valence electrons. The molecular weight excluding hydrogens is 332 g/mol. The molecule has 0 atom stereocenters. The molecule has 2 aromatic heterocycles. The molecule has 1 N–H and O–H groups in total. The van der Waals surface area contributed by atoms with E-state index in [0.29, 0.717) is 12.5 Å². The van der Waals surface area contributed by atoms with Gasteiger partial charge < -0.3 is 9.67 Å². The summed E-state index contributed by atoms with van der Waals surface area (Å²) in [6.07, 6.45) is 1.85. The van der Waals surface area contributed by atoms with Crippen LogP contribution in [0.15, 0.2) is 35.7 Å². The molecule has 4 nitrogen and oxygen atoms in total. The van der Waals surface area contributed by atoms with E-state index >= 15 is 0 Å². The van der Waals surface area contributed by atoms with Crippen LogP contribution >= 0.6 is 11.3 Å². The third-order valence-corrected chi connectivity index (χ3v) is 5.47. The molecule has 0 saturated carbocycles. The van der Waals surface area contributed by atoms with Gasteiger partial charge in [-0.05, 0) is 47.4 Å². The maximum absolute atomic E-state index is 11.7. The van der Waals surface area contributed by atoms with Gasteiger partial charge in [0.2, 0.25) is 5.82 Å². The van der Waals surface area contributed by atoms with Gasteiger partial charge in [0.15, 0.2) is 0 Å². The Hall–Kier alpha value is -2.40. The van der Waals surface area contributed by atoms with Crippen LogP contribution in [0, 0.1) is 5.92 Å². The second-order valence-corrected chi connectivity index (χ2v) is 7.85. The number of carboxylic acids is 1. The number of benzene rings is 1. The highest BCUT2D eigenvalue weighted by Crippen LogP contribution is 2.40. The van der Waals surface area contributed by atoms with Gasteiger partial charge in [-0.25, -0.2) is 9.78 Å². The van der Waals surface area contributed by atoms with Crippen LogP contribution in [0.25, 0.3) is 21.8 Å². The molecule has 25 heavy (non-hydrogen) atoms. The highest BCUT2D eigenvalue weighted by atomic mass is 32.1. The molecule has 0 amide bonds. The normalized spacial score (nSPS) is 12.9. The molecule has 4 rings (SSSR count). The lowest BCUT2D eigenvalue weighted by Gasteiger charge is -2.21. The molecule has 0 unspecified atom stereocenters. The van der Waals surface area contributed by atoms with Crippen molar-refractivity contribution >= 4 is 17.3 Å². The summed E-state index contributed by atoms with van der Waals surface area (Å²) in [7, 11) is 0. The number of rotatable bonds is 4. The minimum atomic E-state index is -0.967. The minimum absolute atomic E-state index is 0.137. The van der Waals surface area contributed by atoms with Crippen LogP contribution in [0.4, 0.5) is 0 Å². The van der Waals surface area contributed by atoms with Crippen molar-refractivity contribution in [3.63, 3.8) is 0 Å². The van der Waals surface area contributed by atoms with Gasteiger partial charge in [0.25, 0.3) is 0 Å². The molecule has 3 heterocycles. The fraction of sp³-hybridized carbons (Fsp3) is 0.300. The first kappa shape index (κ1) is 16.1.